The predicted octanol–water partition coefficient (Wildman–Crippen LogP) is 2.70. The smallest absolute Gasteiger partial charge is 0.319 e. The monoisotopic (exact) mass is 361 g/mol. The topological polar surface area (TPSA) is 53.1 Å². The van der Waals surface area contributed by atoms with Crippen molar-refractivity contribution in [1.29, 1.82) is 0 Å². The number of rotatable bonds is 7. The Morgan fingerprint density at radius 3 is 2.31 bits per heavy atom. The minimum Gasteiger partial charge on any atom is -0.492 e. The van der Waals surface area contributed by atoms with E-state index in [9.17, 15) is 9.59 Å². The van der Waals surface area contributed by atoms with Gasteiger partial charge < -0.3 is 19.4 Å². The van der Waals surface area contributed by atoms with Crippen LogP contribution in [-0.2, 0) is 4.79 Å². The highest BCUT2D eigenvalue weighted by molar-refractivity contribution is 5.79. The van der Waals surface area contributed by atoms with E-state index in [1.807, 2.05) is 61.0 Å². The molecule has 0 aromatic heterocycles. The second kappa shape index (κ2) is 10.0. The fraction of sp³-hybridized carbons (Fsp3) is 0.600. The molecule has 0 spiro atoms. The van der Waals surface area contributed by atoms with E-state index < -0.39 is 0 Å². The summed E-state index contributed by atoms with van der Waals surface area (Å²) in [6.07, 6.45) is 1.46. The van der Waals surface area contributed by atoms with E-state index in [1.54, 1.807) is 4.90 Å². The molecule has 0 bridgehead atoms. The summed E-state index contributed by atoms with van der Waals surface area (Å²) < 4.78 is 5.66. The van der Waals surface area contributed by atoms with Gasteiger partial charge in [0.2, 0.25) is 5.91 Å². The number of piperidine rings is 1. The molecule has 0 aliphatic carbocycles. The standard InChI is InChI=1S/C20H31N3O3/c1-4-22(5-2)20(25)23-13-11-17(12-14-23)19(24)21(3)15-16-26-18-9-7-6-8-10-18/h6-10,17H,4-5,11-16H2,1-3H3. The fourth-order valence-corrected chi connectivity index (χ4v) is 3.25. The number of hydrogen-bond acceptors (Lipinski definition) is 3. The van der Waals surface area contributed by atoms with Crippen LogP contribution in [0.2, 0.25) is 0 Å². The molecule has 0 unspecified atom stereocenters. The van der Waals surface area contributed by atoms with E-state index >= 15 is 0 Å². The first-order valence-corrected chi connectivity index (χ1v) is 9.53. The highest BCUT2D eigenvalue weighted by atomic mass is 16.5. The van der Waals surface area contributed by atoms with Crippen LogP contribution in [0.1, 0.15) is 26.7 Å². The normalized spacial score (nSPS) is 14.8. The second-order valence-electron chi connectivity index (χ2n) is 6.64. The van der Waals surface area contributed by atoms with Gasteiger partial charge in [0.15, 0.2) is 0 Å². The molecule has 1 saturated heterocycles. The molecule has 0 saturated carbocycles. The van der Waals surface area contributed by atoms with Gasteiger partial charge >= 0.3 is 6.03 Å². The van der Waals surface area contributed by atoms with Crippen molar-refractivity contribution in [3.63, 3.8) is 0 Å². The number of likely N-dealkylation sites (N-methyl/N-ethyl adjacent to an activating group) is 1. The van der Waals surface area contributed by atoms with Crippen LogP contribution >= 0.6 is 0 Å². The molecule has 6 nitrogen and oxygen atoms in total. The number of benzene rings is 1. The van der Waals surface area contributed by atoms with Crippen LogP contribution in [-0.4, -0.2) is 73.0 Å². The first kappa shape index (κ1) is 20.1. The second-order valence-corrected chi connectivity index (χ2v) is 6.64. The van der Waals surface area contributed by atoms with Gasteiger partial charge in [-0.15, -0.1) is 0 Å². The molecule has 1 fully saturated rings. The zero-order valence-electron chi connectivity index (χ0n) is 16.2. The van der Waals surface area contributed by atoms with Gasteiger partial charge in [0.05, 0.1) is 6.54 Å². The SMILES string of the molecule is CCN(CC)C(=O)N1CCC(C(=O)N(C)CCOc2ccccc2)CC1. The van der Waals surface area contributed by atoms with Gasteiger partial charge in [0.1, 0.15) is 12.4 Å². The van der Waals surface area contributed by atoms with Crippen LogP contribution in [0.5, 0.6) is 5.75 Å². The average molecular weight is 361 g/mol. The Labute approximate surface area is 156 Å². The third-order valence-electron chi connectivity index (χ3n) is 4.96. The molecule has 1 heterocycles. The third kappa shape index (κ3) is 5.38. The Balaban J connectivity index is 1.74. The molecule has 2 rings (SSSR count). The Kier molecular flexibility index (Phi) is 7.75. The first-order valence-electron chi connectivity index (χ1n) is 9.53. The van der Waals surface area contributed by atoms with Crippen LogP contribution in [0, 0.1) is 5.92 Å². The lowest BCUT2D eigenvalue weighted by Gasteiger charge is -2.35. The zero-order chi connectivity index (χ0) is 18.9. The number of ether oxygens (including phenoxy) is 1. The maximum absolute atomic E-state index is 12.6. The molecule has 1 aromatic rings. The lowest BCUT2D eigenvalue weighted by Crippen LogP contribution is -2.48. The van der Waals surface area contributed by atoms with Crippen molar-refractivity contribution in [2.24, 2.45) is 5.92 Å². The van der Waals surface area contributed by atoms with E-state index in [1.165, 1.54) is 0 Å². The van der Waals surface area contributed by atoms with Crippen molar-refractivity contribution < 1.29 is 14.3 Å². The maximum Gasteiger partial charge on any atom is 0.319 e. The van der Waals surface area contributed by atoms with Crippen molar-refractivity contribution >= 4 is 11.9 Å². The third-order valence-corrected chi connectivity index (χ3v) is 4.96. The number of amides is 3. The highest BCUT2D eigenvalue weighted by Crippen LogP contribution is 2.20. The number of para-hydroxylation sites is 1. The molecule has 1 aliphatic rings. The summed E-state index contributed by atoms with van der Waals surface area (Å²) in [5, 5.41) is 0. The molecule has 26 heavy (non-hydrogen) atoms. The molecular formula is C20H31N3O3. The van der Waals surface area contributed by atoms with Crippen LogP contribution in [0.15, 0.2) is 30.3 Å². The lowest BCUT2D eigenvalue weighted by molar-refractivity contribution is -0.135. The van der Waals surface area contributed by atoms with Crippen LogP contribution in [0.3, 0.4) is 0 Å². The Hall–Kier alpha value is -2.24. The minimum absolute atomic E-state index is 0.00233. The number of carbonyl (C=O) groups is 2. The van der Waals surface area contributed by atoms with Crippen molar-refractivity contribution in [3.8, 4) is 5.75 Å². The van der Waals surface area contributed by atoms with Gasteiger partial charge in [-0.05, 0) is 38.8 Å². The number of urea groups is 1. The molecule has 3 amide bonds. The largest absolute Gasteiger partial charge is 0.492 e. The maximum atomic E-state index is 12.6. The van der Waals surface area contributed by atoms with Crippen molar-refractivity contribution in [1.82, 2.24) is 14.7 Å². The average Bonchev–Trinajstić information content (AvgIpc) is 2.69. The summed E-state index contributed by atoms with van der Waals surface area (Å²) in [7, 11) is 1.82. The summed E-state index contributed by atoms with van der Waals surface area (Å²) in [4.78, 5) is 30.5. The number of carbonyl (C=O) groups excluding carboxylic acids is 2. The Morgan fingerprint density at radius 1 is 1.12 bits per heavy atom. The van der Waals surface area contributed by atoms with Gasteiger partial charge in [0, 0.05) is 39.1 Å². The van der Waals surface area contributed by atoms with Crippen molar-refractivity contribution in [3.05, 3.63) is 30.3 Å². The molecule has 1 aliphatic heterocycles. The minimum atomic E-state index is -0.00233. The van der Waals surface area contributed by atoms with E-state index in [0.29, 0.717) is 26.2 Å². The van der Waals surface area contributed by atoms with Gasteiger partial charge in [-0.3, -0.25) is 4.79 Å². The van der Waals surface area contributed by atoms with Crippen molar-refractivity contribution in [2.75, 3.05) is 46.4 Å². The lowest BCUT2D eigenvalue weighted by atomic mass is 9.95. The van der Waals surface area contributed by atoms with Gasteiger partial charge in [0.25, 0.3) is 0 Å². The Bertz CT molecular complexity index is 567. The summed E-state index contributed by atoms with van der Waals surface area (Å²) in [5.74, 6) is 0.964. The van der Waals surface area contributed by atoms with Gasteiger partial charge in [-0.2, -0.15) is 0 Å². The summed E-state index contributed by atoms with van der Waals surface area (Å²) in [6, 6.07) is 9.70. The molecule has 0 radical (unpaired) electrons. The molecule has 1 aromatic carbocycles. The molecule has 0 N–H and O–H groups in total. The fourth-order valence-electron chi connectivity index (χ4n) is 3.25. The molecular weight excluding hydrogens is 330 g/mol. The van der Waals surface area contributed by atoms with Crippen LogP contribution < -0.4 is 4.74 Å². The first-order chi connectivity index (χ1) is 12.6. The van der Waals surface area contributed by atoms with E-state index in [2.05, 4.69) is 0 Å². The highest BCUT2D eigenvalue weighted by Gasteiger charge is 2.30. The summed E-state index contributed by atoms with van der Waals surface area (Å²) in [6.45, 7) is 7.77. The van der Waals surface area contributed by atoms with Gasteiger partial charge in [-0.25, -0.2) is 4.79 Å². The molecule has 144 valence electrons. The number of hydrogen-bond donors (Lipinski definition) is 0. The van der Waals surface area contributed by atoms with Crippen LogP contribution in [0.25, 0.3) is 0 Å². The summed E-state index contributed by atoms with van der Waals surface area (Å²) >= 11 is 0. The molecule has 0 atom stereocenters. The number of likely N-dealkylation sites (tertiary alicyclic amines) is 1. The van der Waals surface area contributed by atoms with Crippen molar-refractivity contribution in [2.45, 2.75) is 26.7 Å². The van der Waals surface area contributed by atoms with Gasteiger partial charge in [-0.1, -0.05) is 18.2 Å². The quantitative estimate of drug-likeness (QED) is 0.750. The molecule has 6 heteroatoms. The van der Waals surface area contributed by atoms with E-state index in [0.717, 1.165) is 31.7 Å². The summed E-state index contributed by atoms with van der Waals surface area (Å²) in [5.41, 5.74) is 0. The van der Waals surface area contributed by atoms with E-state index in [4.69, 9.17) is 4.74 Å². The predicted molar refractivity (Wildman–Crippen MR) is 102 cm³/mol. The van der Waals surface area contributed by atoms with E-state index in [-0.39, 0.29) is 17.9 Å². The van der Waals surface area contributed by atoms with Crippen LogP contribution in [0.4, 0.5) is 4.79 Å². The number of nitrogens with zero attached hydrogens (tertiary/aromatic N) is 3. The zero-order valence-corrected chi connectivity index (χ0v) is 16.2. The Morgan fingerprint density at radius 2 is 1.73 bits per heavy atom.